The number of benzene rings is 2. The maximum absolute atomic E-state index is 12.1. The fraction of sp³-hybridized carbons (Fsp3) is 0.188. The second-order valence-corrected chi connectivity index (χ2v) is 6.02. The van der Waals surface area contributed by atoms with Gasteiger partial charge in [0.25, 0.3) is 0 Å². The third-order valence-electron chi connectivity index (χ3n) is 3.14. The Hall–Kier alpha value is -1.62. The summed E-state index contributed by atoms with van der Waals surface area (Å²) in [6.45, 7) is 1.85. The van der Waals surface area contributed by atoms with Crippen LogP contribution in [0.25, 0.3) is 0 Å². The highest BCUT2D eigenvalue weighted by Crippen LogP contribution is 2.31. The van der Waals surface area contributed by atoms with Crippen LogP contribution in [0.4, 0.5) is 11.4 Å². The van der Waals surface area contributed by atoms with E-state index >= 15 is 0 Å². The van der Waals surface area contributed by atoms with E-state index in [4.69, 9.17) is 39.5 Å². The number of hydrogen-bond acceptors (Lipinski definition) is 3. The van der Waals surface area contributed by atoms with E-state index in [2.05, 4.69) is 10.6 Å². The molecule has 0 radical (unpaired) electrons. The molecular weight excluding hydrogens is 359 g/mol. The summed E-state index contributed by atoms with van der Waals surface area (Å²) in [5.74, 6) is 0.228. The van der Waals surface area contributed by atoms with Crippen LogP contribution in [0.3, 0.4) is 0 Å². The average molecular weight is 374 g/mol. The van der Waals surface area contributed by atoms with Gasteiger partial charge in [-0.3, -0.25) is 4.79 Å². The Morgan fingerprint density at radius 2 is 1.78 bits per heavy atom. The zero-order valence-electron chi connectivity index (χ0n) is 12.5. The number of anilines is 2. The van der Waals surface area contributed by atoms with Gasteiger partial charge in [-0.25, -0.2) is 0 Å². The molecule has 0 saturated carbocycles. The van der Waals surface area contributed by atoms with Crippen molar-refractivity contribution in [1.82, 2.24) is 0 Å². The first-order valence-corrected chi connectivity index (χ1v) is 7.87. The predicted octanol–water partition coefficient (Wildman–Crippen LogP) is 5.01. The van der Waals surface area contributed by atoms with Crippen LogP contribution in [0.2, 0.25) is 15.1 Å². The zero-order chi connectivity index (χ0) is 17.0. The minimum absolute atomic E-state index is 0.00822. The van der Waals surface area contributed by atoms with Gasteiger partial charge in [-0.1, -0.05) is 40.9 Å². The maximum atomic E-state index is 12.1. The molecule has 0 aliphatic rings. The normalized spacial score (nSPS) is 10.3. The van der Waals surface area contributed by atoms with Gasteiger partial charge in [-0.05, 0) is 30.7 Å². The molecule has 0 heterocycles. The van der Waals surface area contributed by atoms with E-state index in [1.165, 1.54) is 7.11 Å². The molecule has 0 aromatic heterocycles. The molecule has 0 bridgehead atoms. The number of carbonyl (C=O) groups is 1. The monoisotopic (exact) mass is 372 g/mol. The molecule has 0 saturated heterocycles. The van der Waals surface area contributed by atoms with E-state index in [0.29, 0.717) is 32.2 Å². The van der Waals surface area contributed by atoms with Gasteiger partial charge in [-0.15, -0.1) is 0 Å². The Kier molecular flexibility index (Phi) is 5.99. The summed E-state index contributed by atoms with van der Waals surface area (Å²) in [5.41, 5.74) is 1.90. The number of hydrogen-bond donors (Lipinski definition) is 2. The number of carbonyl (C=O) groups excluding carboxylic acids is 1. The number of methoxy groups -OCH3 is 1. The van der Waals surface area contributed by atoms with Crippen LogP contribution in [0.15, 0.2) is 30.3 Å². The van der Waals surface area contributed by atoms with Crippen molar-refractivity contribution >= 4 is 52.1 Å². The van der Waals surface area contributed by atoms with E-state index < -0.39 is 0 Å². The lowest BCUT2D eigenvalue weighted by Crippen LogP contribution is -2.22. The number of para-hydroxylation sites is 1. The second-order valence-electron chi connectivity index (χ2n) is 4.80. The van der Waals surface area contributed by atoms with Crippen molar-refractivity contribution in [2.75, 3.05) is 24.3 Å². The Morgan fingerprint density at radius 1 is 1.13 bits per heavy atom. The van der Waals surface area contributed by atoms with Crippen molar-refractivity contribution in [1.29, 1.82) is 0 Å². The van der Waals surface area contributed by atoms with Gasteiger partial charge >= 0.3 is 0 Å². The third kappa shape index (κ3) is 4.44. The molecule has 0 unspecified atom stereocenters. The minimum Gasteiger partial charge on any atom is -0.495 e. The smallest absolute Gasteiger partial charge is 0.243 e. The summed E-state index contributed by atoms with van der Waals surface area (Å²) < 4.78 is 5.22. The zero-order valence-corrected chi connectivity index (χ0v) is 14.8. The number of nitrogens with one attached hydrogen (secondary N) is 2. The lowest BCUT2D eigenvalue weighted by molar-refractivity contribution is -0.114. The molecule has 23 heavy (non-hydrogen) atoms. The number of aryl methyl sites for hydroxylation is 1. The second kappa shape index (κ2) is 7.77. The summed E-state index contributed by atoms with van der Waals surface area (Å²) in [7, 11) is 1.51. The molecular formula is C16H15Cl3N2O2. The minimum atomic E-state index is -0.263. The Balaban J connectivity index is 2.07. The first-order chi connectivity index (χ1) is 10.9. The quantitative estimate of drug-likeness (QED) is 0.774. The van der Waals surface area contributed by atoms with Gasteiger partial charge in [0.05, 0.1) is 35.1 Å². The molecule has 122 valence electrons. The largest absolute Gasteiger partial charge is 0.495 e. The van der Waals surface area contributed by atoms with E-state index in [-0.39, 0.29) is 12.5 Å². The van der Waals surface area contributed by atoms with Crippen LogP contribution in [-0.4, -0.2) is 19.6 Å². The van der Waals surface area contributed by atoms with Crippen molar-refractivity contribution in [3.05, 3.63) is 51.0 Å². The maximum Gasteiger partial charge on any atom is 0.243 e. The Labute approximate surface area is 149 Å². The molecule has 0 aliphatic carbocycles. The van der Waals surface area contributed by atoms with Crippen LogP contribution in [0.1, 0.15) is 5.56 Å². The highest BCUT2D eigenvalue weighted by Gasteiger charge is 2.12. The van der Waals surface area contributed by atoms with E-state index in [9.17, 15) is 4.79 Å². The number of amides is 1. The molecule has 0 aliphatic heterocycles. The van der Waals surface area contributed by atoms with Crippen molar-refractivity contribution in [2.24, 2.45) is 0 Å². The molecule has 4 nitrogen and oxygen atoms in total. The fourth-order valence-electron chi connectivity index (χ4n) is 1.96. The van der Waals surface area contributed by atoms with Gasteiger partial charge in [0.1, 0.15) is 5.75 Å². The fourth-order valence-corrected chi connectivity index (χ4v) is 2.64. The van der Waals surface area contributed by atoms with E-state index in [1.807, 2.05) is 6.92 Å². The van der Waals surface area contributed by atoms with Crippen molar-refractivity contribution in [3.63, 3.8) is 0 Å². The first kappa shape index (κ1) is 17.7. The Bertz CT molecular complexity index is 715. The average Bonchev–Trinajstić information content (AvgIpc) is 2.50. The highest BCUT2D eigenvalue weighted by molar-refractivity contribution is 6.39. The van der Waals surface area contributed by atoms with Gasteiger partial charge in [0.15, 0.2) is 0 Å². The van der Waals surface area contributed by atoms with Crippen LogP contribution in [0.5, 0.6) is 5.75 Å². The predicted molar refractivity (Wildman–Crippen MR) is 96.3 cm³/mol. The molecule has 2 N–H and O–H groups in total. The summed E-state index contributed by atoms with van der Waals surface area (Å²) in [5, 5.41) is 7.16. The summed E-state index contributed by atoms with van der Waals surface area (Å²) >= 11 is 18.1. The van der Waals surface area contributed by atoms with Gasteiger partial charge in [0.2, 0.25) is 5.91 Å². The van der Waals surface area contributed by atoms with Crippen molar-refractivity contribution in [3.8, 4) is 5.75 Å². The van der Waals surface area contributed by atoms with Gasteiger partial charge in [0, 0.05) is 11.1 Å². The number of rotatable bonds is 5. The SMILES string of the molecule is COc1cc(Cl)c(C)cc1NC(=O)CNc1c(Cl)cccc1Cl. The lowest BCUT2D eigenvalue weighted by Gasteiger charge is -2.14. The van der Waals surface area contributed by atoms with Gasteiger partial charge < -0.3 is 15.4 Å². The van der Waals surface area contributed by atoms with Crippen LogP contribution < -0.4 is 15.4 Å². The molecule has 1 amide bonds. The number of ether oxygens (including phenoxy) is 1. The molecule has 0 atom stereocenters. The van der Waals surface area contributed by atoms with Crippen LogP contribution in [0, 0.1) is 6.92 Å². The van der Waals surface area contributed by atoms with Crippen molar-refractivity contribution in [2.45, 2.75) is 6.92 Å². The standard InChI is InChI=1S/C16H15Cl3N2O2/c1-9-6-13(14(23-2)7-12(9)19)21-15(22)8-20-16-10(17)4-3-5-11(16)18/h3-7,20H,8H2,1-2H3,(H,21,22). The third-order valence-corrected chi connectivity index (χ3v) is 4.18. The first-order valence-electron chi connectivity index (χ1n) is 6.74. The number of halogens is 3. The Morgan fingerprint density at radius 3 is 2.39 bits per heavy atom. The van der Waals surface area contributed by atoms with E-state index in [1.54, 1.807) is 30.3 Å². The molecule has 7 heteroatoms. The molecule has 0 fully saturated rings. The summed E-state index contributed by atoms with van der Waals surface area (Å²) in [4.78, 5) is 12.1. The van der Waals surface area contributed by atoms with Crippen LogP contribution >= 0.6 is 34.8 Å². The van der Waals surface area contributed by atoms with Crippen LogP contribution in [-0.2, 0) is 4.79 Å². The van der Waals surface area contributed by atoms with Crippen molar-refractivity contribution < 1.29 is 9.53 Å². The molecule has 2 aromatic carbocycles. The van der Waals surface area contributed by atoms with Gasteiger partial charge in [-0.2, -0.15) is 0 Å². The highest BCUT2D eigenvalue weighted by atomic mass is 35.5. The molecule has 2 aromatic rings. The molecule has 2 rings (SSSR count). The summed E-state index contributed by atoms with van der Waals surface area (Å²) in [6, 6.07) is 8.53. The lowest BCUT2D eigenvalue weighted by atomic mass is 10.2. The topological polar surface area (TPSA) is 50.4 Å². The summed E-state index contributed by atoms with van der Waals surface area (Å²) in [6.07, 6.45) is 0. The van der Waals surface area contributed by atoms with E-state index in [0.717, 1.165) is 5.56 Å². The molecule has 0 spiro atoms.